The first-order valence-electron chi connectivity index (χ1n) is 11.4. The molecule has 3 N–H and O–H groups in total. The molecule has 3 aromatic rings. The Morgan fingerprint density at radius 2 is 2.00 bits per heavy atom. The van der Waals surface area contributed by atoms with Gasteiger partial charge in [-0.15, -0.1) is 0 Å². The number of carbonyl (C=O) groups is 2. The van der Waals surface area contributed by atoms with Gasteiger partial charge in [0, 0.05) is 43.8 Å². The molecule has 1 fully saturated rings. The summed E-state index contributed by atoms with van der Waals surface area (Å²) in [6, 6.07) is 8.09. The Morgan fingerprint density at radius 3 is 2.74 bits per heavy atom. The lowest BCUT2D eigenvalue weighted by atomic mass is 10.1. The van der Waals surface area contributed by atoms with Crippen LogP contribution in [-0.4, -0.2) is 61.4 Å². The van der Waals surface area contributed by atoms with Crippen LogP contribution in [0, 0.1) is 0 Å². The summed E-state index contributed by atoms with van der Waals surface area (Å²) in [6.45, 7) is 2.85. The van der Waals surface area contributed by atoms with Crippen molar-refractivity contribution in [2.75, 3.05) is 35.2 Å². The summed E-state index contributed by atoms with van der Waals surface area (Å²) in [6.07, 6.45) is 10.6. The predicted molar refractivity (Wildman–Crippen MR) is 133 cm³/mol. The fraction of sp³-hybridized carbons (Fsp3) is 0.292. The Hall–Kier alpha value is -4.25. The van der Waals surface area contributed by atoms with E-state index in [4.69, 9.17) is 0 Å². The number of carbonyl (C=O) groups excluding carboxylic acids is 1. The zero-order chi connectivity index (χ0) is 24.6. The number of hydrogen-bond donors (Lipinski definition) is 3. The standard InChI is InChI=1S/C24H28N8O3/c1-30-17-19(16-26-30)28-23-25-11-10-21(29-23)32(24(34)35)20-8-5-7-18(15-20)27-22(33)9-6-14-31-12-3-2-4-13-31/h5-11,15-17H,2-4,12-14H2,1H3,(H,27,33)(H,34,35)(H,25,28,29). The Balaban J connectivity index is 1.45. The van der Waals surface area contributed by atoms with E-state index >= 15 is 0 Å². The maximum Gasteiger partial charge on any atom is 0.417 e. The topological polar surface area (TPSA) is 129 Å². The van der Waals surface area contributed by atoms with Crippen molar-refractivity contribution >= 4 is 40.8 Å². The normalized spacial score (nSPS) is 14.1. The van der Waals surface area contributed by atoms with E-state index in [1.54, 1.807) is 48.4 Å². The number of likely N-dealkylation sites (tertiary alicyclic amines) is 1. The lowest BCUT2D eigenvalue weighted by Crippen LogP contribution is -2.29. The van der Waals surface area contributed by atoms with Crippen molar-refractivity contribution in [3.05, 3.63) is 61.1 Å². The molecule has 0 aliphatic carbocycles. The molecule has 0 spiro atoms. The second-order valence-electron chi connectivity index (χ2n) is 8.19. The van der Waals surface area contributed by atoms with Gasteiger partial charge in [0.25, 0.3) is 0 Å². The summed E-state index contributed by atoms with van der Waals surface area (Å²) in [4.78, 5) is 36.3. The third-order valence-corrected chi connectivity index (χ3v) is 5.48. The summed E-state index contributed by atoms with van der Waals surface area (Å²) < 4.78 is 1.62. The first-order valence-corrected chi connectivity index (χ1v) is 11.4. The van der Waals surface area contributed by atoms with Gasteiger partial charge in [-0.25, -0.2) is 14.7 Å². The van der Waals surface area contributed by atoms with Gasteiger partial charge in [-0.05, 0) is 44.1 Å². The Labute approximate surface area is 203 Å². The van der Waals surface area contributed by atoms with Crippen molar-refractivity contribution < 1.29 is 14.7 Å². The number of piperidine rings is 1. The first-order chi connectivity index (χ1) is 17.0. The number of amides is 2. The third-order valence-electron chi connectivity index (χ3n) is 5.48. The minimum atomic E-state index is -1.22. The van der Waals surface area contributed by atoms with Gasteiger partial charge in [0.15, 0.2) is 0 Å². The summed E-state index contributed by atoms with van der Waals surface area (Å²) in [5, 5.41) is 19.8. The summed E-state index contributed by atoms with van der Waals surface area (Å²) in [7, 11) is 1.78. The van der Waals surface area contributed by atoms with Gasteiger partial charge < -0.3 is 15.7 Å². The Morgan fingerprint density at radius 1 is 1.17 bits per heavy atom. The van der Waals surface area contributed by atoms with Crippen LogP contribution >= 0.6 is 0 Å². The smallest absolute Gasteiger partial charge is 0.417 e. The fourth-order valence-electron chi connectivity index (χ4n) is 3.85. The maximum absolute atomic E-state index is 12.4. The number of aromatic nitrogens is 4. The van der Waals surface area contributed by atoms with E-state index in [1.165, 1.54) is 37.6 Å². The van der Waals surface area contributed by atoms with E-state index < -0.39 is 6.09 Å². The number of benzene rings is 1. The molecule has 1 aliphatic heterocycles. The number of rotatable bonds is 8. The molecule has 2 aromatic heterocycles. The zero-order valence-electron chi connectivity index (χ0n) is 19.5. The SMILES string of the molecule is Cn1cc(Nc2nccc(N(C(=O)O)c3cccc(NC(=O)C=CCN4CCCCC4)c3)n2)cn1. The highest BCUT2D eigenvalue weighted by molar-refractivity contribution is 6.00. The molecule has 1 saturated heterocycles. The summed E-state index contributed by atoms with van der Waals surface area (Å²) in [5.41, 5.74) is 1.48. The van der Waals surface area contributed by atoms with Crippen LogP contribution in [-0.2, 0) is 11.8 Å². The highest BCUT2D eigenvalue weighted by Crippen LogP contribution is 2.27. The van der Waals surface area contributed by atoms with Gasteiger partial charge in [0.05, 0.1) is 17.6 Å². The van der Waals surface area contributed by atoms with Gasteiger partial charge in [-0.3, -0.25) is 14.4 Å². The molecule has 3 heterocycles. The van der Waals surface area contributed by atoms with Crippen molar-refractivity contribution in [2.24, 2.45) is 7.05 Å². The lowest BCUT2D eigenvalue weighted by molar-refractivity contribution is -0.111. The van der Waals surface area contributed by atoms with Gasteiger partial charge in [-0.1, -0.05) is 18.6 Å². The van der Waals surface area contributed by atoms with E-state index in [-0.39, 0.29) is 17.7 Å². The van der Waals surface area contributed by atoms with Crippen LogP contribution in [0.3, 0.4) is 0 Å². The number of carboxylic acid groups (broad SMARTS) is 1. The van der Waals surface area contributed by atoms with E-state index in [1.807, 2.05) is 6.08 Å². The third kappa shape index (κ3) is 6.64. The van der Waals surface area contributed by atoms with Gasteiger partial charge in [-0.2, -0.15) is 10.1 Å². The number of anilines is 5. The van der Waals surface area contributed by atoms with Gasteiger partial charge in [0.1, 0.15) is 5.82 Å². The number of hydrogen-bond acceptors (Lipinski definition) is 7. The molecule has 1 aliphatic rings. The van der Waals surface area contributed by atoms with Crippen LogP contribution in [0.2, 0.25) is 0 Å². The monoisotopic (exact) mass is 476 g/mol. The molecular weight excluding hydrogens is 448 g/mol. The molecule has 2 amide bonds. The molecule has 0 radical (unpaired) electrons. The molecule has 182 valence electrons. The van der Waals surface area contributed by atoms with Gasteiger partial charge in [0.2, 0.25) is 11.9 Å². The molecule has 0 unspecified atom stereocenters. The number of nitrogens with one attached hydrogen (secondary N) is 2. The van der Waals surface area contributed by atoms with Crippen LogP contribution in [0.5, 0.6) is 0 Å². The quantitative estimate of drug-likeness (QED) is 0.419. The highest BCUT2D eigenvalue weighted by Gasteiger charge is 2.20. The molecule has 0 bridgehead atoms. The predicted octanol–water partition coefficient (Wildman–Crippen LogP) is 3.75. The maximum atomic E-state index is 12.4. The summed E-state index contributed by atoms with van der Waals surface area (Å²) >= 11 is 0. The average Bonchev–Trinajstić information content (AvgIpc) is 3.24. The molecule has 0 saturated carbocycles. The van der Waals surface area contributed by atoms with E-state index in [0.717, 1.165) is 24.5 Å². The molecule has 1 aromatic carbocycles. The fourth-order valence-corrected chi connectivity index (χ4v) is 3.85. The molecule has 11 heteroatoms. The van der Waals surface area contributed by atoms with Crippen LogP contribution in [0.1, 0.15) is 19.3 Å². The molecule has 4 rings (SSSR count). The van der Waals surface area contributed by atoms with Crippen LogP contribution in [0.4, 0.5) is 33.6 Å². The second-order valence-corrected chi connectivity index (χ2v) is 8.19. The highest BCUT2D eigenvalue weighted by atomic mass is 16.4. The van der Waals surface area contributed by atoms with Crippen molar-refractivity contribution in [1.82, 2.24) is 24.6 Å². The first kappa shape index (κ1) is 23.9. The minimum absolute atomic E-state index is 0.156. The van der Waals surface area contributed by atoms with E-state index in [9.17, 15) is 14.7 Å². The van der Waals surface area contributed by atoms with Crippen molar-refractivity contribution in [3.63, 3.8) is 0 Å². The van der Waals surface area contributed by atoms with Crippen LogP contribution in [0.15, 0.2) is 61.1 Å². The minimum Gasteiger partial charge on any atom is -0.464 e. The average molecular weight is 477 g/mol. The van der Waals surface area contributed by atoms with Crippen LogP contribution in [0.25, 0.3) is 0 Å². The summed E-state index contributed by atoms with van der Waals surface area (Å²) in [5.74, 6) is 0.111. The van der Waals surface area contributed by atoms with E-state index in [0.29, 0.717) is 17.1 Å². The van der Waals surface area contributed by atoms with Gasteiger partial charge >= 0.3 is 6.09 Å². The van der Waals surface area contributed by atoms with Crippen molar-refractivity contribution in [3.8, 4) is 0 Å². The van der Waals surface area contributed by atoms with Crippen LogP contribution < -0.4 is 15.5 Å². The number of aryl methyl sites for hydroxylation is 1. The Kier molecular flexibility index (Phi) is 7.68. The largest absolute Gasteiger partial charge is 0.464 e. The van der Waals surface area contributed by atoms with Crippen molar-refractivity contribution in [1.29, 1.82) is 0 Å². The second kappa shape index (κ2) is 11.3. The lowest BCUT2D eigenvalue weighted by Gasteiger charge is -2.24. The Bertz CT molecular complexity index is 1200. The molecular formula is C24H28N8O3. The van der Waals surface area contributed by atoms with Crippen molar-refractivity contribution in [2.45, 2.75) is 19.3 Å². The molecule has 35 heavy (non-hydrogen) atoms. The zero-order valence-corrected chi connectivity index (χ0v) is 19.5. The molecule has 11 nitrogen and oxygen atoms in total. The molecule has 0 atom stereocenters. The van der Waals surface area contributed by atoms with E-state index in [2.05, 4.69) is 30.6 Å². The number of nitrogens with zero attached hydrogens (tertiary/aromatic N) is 6.